The standard InChI is InChI=1S/C28H21Cl2N3O4/c1-37-21-11-8-17(30)14-20(21)31-26(34)25-23-22(24-19-5-3-2-4-15(19)12-13-32(24)25)27(35)33(28(23)36)18-9-6-16(29)7-10-18/h2-14,22-25H,1H3,(H,31,34)/t22-,23-,24+,25+/m0/s1. The lowest BCUT2D eigenvalue weighted by Crippen LogP contribution is -2.46. The zero-order chi connectivity index (χ0) is 25.8. The highest BCUT2D eigenvalue weighted by Gasteiger charge is 2.64. The summed E-state index contributed by atoms with van der Waals surface area (Å²) in [5.74, 6) is -2.40. The molecule has 3 aromatic rings. The molecule has 0 spiro atoms. The SMILES string of the molecule is COc1ccc(Cl)cc1NC(=O)[C@H]1[C@H]2C(=O)N(c3ccc(Cl)cc3)C(=O)[C@@H]2[C@H]2c3ccccc3C=CN21. The molecule has 4 atom stereocenters. The number of hydrogen-bond donors (Lipinski definition) is 1. The first-order chi connectivity index (χ1) is 17.9. The van der Waals surface area contributed by atoms with E-state index in [0.717, 1.165) is 11.1 Å². The van der Waals surface area contributed by atoms with Crippen LogP contribution in [0.3, 0.4) is 0 Å². The van der Waals surface area contributed by atoms with Gasteiger partial charge in [0.1, 0.15) is 11.8 Å². The number of amides is 3. The number of ether oxygens (including phenoxy) is 1. The van der Waals surface area contributed by atoms with Crippen LogP contribution in [0.25, 0.3) is 6.08 Å². The van der Waals surface area contributed by atoms with Gasteiger partial charge in [0, 0.05) is 16.2 Å². The van der Waals surface area contributed by atoms with Crippen LogP contribution in [0.15, 0.2) is 72.9 Å². The van der Waals surface area contributed by atoms with Gasteiger partial charge >= 0.3 is 0 Å². The topological polar surface area (TPSA) is 79.0 Å². The molecule has 3 aliphatic rings. The Kier molecular flexibility index (Phi) is 5.70. The van der Waals surface area contributed by atoms with Crippen molar-refractivity contribution in [3.8, 4) is 5.75 Å². The highest BCUT2D eigenvalue weighted by Crippen LogP contribution is 2.53. The number of methoxy groups -OCH3 is 1. The summed E-state index contributed by atoms with van der Waals surface area (Å²) in [4.78, 5) is 44.6. The van der Waals surface area contributed by atoms with Crippen LogP contribution < -0.4 is 15.0 Å². The third-order valence-electron chi connectivity index (χ3n) is 7.23. The average Bonchev–Trinajstić information content (AvgIpc) is 3.37. The number of anilines is 2. The van der Waals surface area contributed by atoms with Crippen molar-refractivity contribution in [2.24, 2.45) is 11.8 Å². The summed E-state index contributed by atoms with van der Waals surface area (Å²) in [7, 11) is 1.49. The summed E-state index contributed by atoms with van der Waals surface area (Å²) in [5.41, 5.74) is 2.66. The molecule has 3 aromatic carbocycles. The first-order valence-electron chi connectivity index (χ1n) is 11.7. The molecule has 0 unspecified atom stereocenters. The normalized spacial score (nSPS) is 23.5. The molecule has 0 aliphatic carbocycles. The fourth-order valence-corrected chi connectivity index (χ4v) is 5.98. The van der Waals surface area contributed by atoms with E-state index in [-0.39, 0.29) is 5.91 Å². The van der Waals surface area contributed by atoms with Gasteiger partial charge in [-0.15, -0.1) is 0 Å². The molecule has 0 radical (unpaired) electrons. The van der Waals surface area contributed by atoms with Gasteiger partial charge in [-0.3, -0.25) is 14.4 Å². The van der Waals surface area contributed by atoms with Crippen LogP contribution in [0, 0.1) is 11.8 Å². The van der Waals surface area contributed by atoms with Gasteiger partial charge in [0.05, 0.1) is 36.4 Å². The van der Waals surface area contributed by atoms with Gasteiger partial charge < -0.3 is 15.0 Å². The number of halogens is 2. The first kappa shape index (κ1) is 23.6. The van der Waals surface area contributed by atoms with Crippen LogP contribution in [0.1, 0.15) is 17.2 Å². The summed E-state index contributed by atoms with van der Waals surface area (Å²) in [6.45, 7) is 0. The summed E-state index contributed by atoms with van der Waals surface area (Å²) in [6.07, 6.45) is 3.71. The van der Waals surface area contributed by atoms with Gasteiger partial charge in [0.15, 0.2) is 0 Å². The molecule has 0 bridgehead atoms. The Labute approximate surface area is 223 Å². The smallest absolute Gasteiger partial charge is 0.248 e. The number of carbonyl (C=O) groups excluding carboxylic acids is 3. The largest absolute Gasteiger partial charge is 0.495 e. The Morgan fingerprint density at radius 2 is 1.62 bits per heavy atom. The average molecular weight is 534 g/mol. The quantitative estimate of drug-likeness (QED) is 0.469. The van der Waals surface area contributed by atoms with Crippen LogP contribution in [-0.4, -0.2) is 35.8 Å². The lowest BCUT2D eigenvalue weighted by atomic mass is 9.84. The Balaban J connectivity index is 1.44. The van der Waals surface area contributed by atoms with Crippen LogP contribution >= 0.6 is 23.2 Å². The van der Waals surface area contributed by atoms with E-state index in [9.17, 15) is 14.4 Å². The molecule has 0 saturated carbocycles. The number of hydrogen-bond acceptors (Lipinski definition) is 5. The van der Waals surface area contributed by atoms with Crippen molar-refractivity contribution in [3.63, 3.8) is 0 Å². The van der Waals surface area contributed by atoms with Gasteiger partial charge in [0.2, 0.25) is 17.7 Å². The molecular formula is C28H21Cl2N3O4. The van der Waals surface area contributed by atoms with E-state index in [1.807, 2.05) is 35.2 Å². The van der Waals surface area contributed by atoms with Crippen molar-refractivity contribution in [2.45, 2.75) is 12.1 Å². The van der Waals surface area contributed by atoms with E-state index in [1.165, 1.54) is 12.0 Å². The van der Waals surface area contributed by atoms with Gasteiger partial charge in [-0.2, -0.15) is 0 Å². The number of imide groups is 1. The third-order valence-corrected chi connectivity index (χ3v) is 7.72. The van der Waals surface area contributed by atoms with Crippen LogP contribution in [0.5, 0.6) is 5.75 Å². The van der Waals surface area contributed by atoms with Gasteiger partial charge in [-0.25, -0.2) is 4.90 Å². The van der Waals surface area contributed by atoms with Crippen molar-refractivity contribution >= 4 is 58.4 Å². The van der Waals surface area contributed by atoms with Crippen molar-refractivity contribution < 1.29 is 19.1 Å². The predicted molar refractivity (Wildman–Crippen MR) is 141 cm³/mol. The van der Waals surface area contributed by atoms with Crippen molar-refractivity contribution in [3.05, 3.63) is 94.1 Å². The second kappa shape index (κ2) is 8.94. The fraction of sp³-hybridized carbons (Fsp3) is 0.179. The number of rotatable bonds is 4. The van der Waals surface area contributed by atoms with Crippen LogP contribution in [0.2, 0.25) is 10.0 Å². The van der Waals surface area contributed by atoms with E-state index >= 15 is 0 Å². The van der Waals surface area contributed by atoms with Crippen LogP contribution in [-0.2, 0) is 14.4 Å². The number of nitrogens with zero attached hydrogens (tertiary/aromatic N) is 2. The second-order valence-electron chi connectivity index (χ2n) is 9.16. The van der Waals surface area contributed by atoms with Crippen LogP contribution in [0.4, 0.5) is 11.4 Å². The summed E-state index contributed by atoms with van der Waals surface area (Å²) in [5, 5.41) is 3.80. The molecule has 3 amide bonds. The van der Waals surface area contributed by atoms with Crippen molar-refractivity contribution in [1.29, 1.82) is 0 Å². The molecule has 3 heterocycles. The molecule has 0 aromatic heterocycles. The number of nitrogens with one attached hydrogen (secondary N) is 1. The van der Waals surface area contributed by atoms with Crippen molar-refractivity contribution in [2.75, 3.05) is 17.3 Å². The minimum Gasteiger partial charge on any atom is -0.495 e. The minimum absolute atomic E-state index is 0.340. The van der Waals surface area contributed by atoms with E-state index in [2.05, 4.69) is 5.32 Å². The molecule has 7 nitrogen and oxygen atoms in total. The van der Waals surface area contributed by atoms with E-state index in [0.29, 0.717) is 27.2 Å². The Morgan fingerprint density at radius 3 is 2.38 bits per heavy atom. The third kappa shape index (κ3) is 3.69. The molecule has 186 valence electrons. The zero-order valence-corrected chi connectivity index (χ0v) is 21.1. The molecule has 6 rings (SSSR count). The Bertz CT molecular complexity index is 1470. The highest BCUT2D eigenvalue weighted by molar-refractivity contribution is 6.31. The maximum Gasteiger partial charge on any atom is 0.248 e. The van der Waals surface area contributed by atoms with E-state index < -0.39 is 35.7 Å². The Morgan fingerprint density at radius 1 is 0.919 bits per heavy atom. The number of benzene rings is 3. The molecular weight excluding hydrogens is 513 g/mol. The highest BCUT2D eigenvalue weighted by atomic mass is 35.5. The molecule has 1 N–H and O–H groups in total. The first-order valence-corrected chi connectivity index (χ1v) is 12.5. The van der Waals surface area contributed by atoms with Gasteiger partial charge in [0.25, 0.3) is 0 Å². The number of fused-ring (bicyclic) bond motifs is 5. The molecule has 2 saturated heterocycles. The maximum absolute atomic E-state index is 13.9. The molecule has 3 aliphatic heterocycles. The zero-order valence-electron chi connectivity index (χ0n) is 19.6. The summed E-state index contributed by atoms with van der Waals surface area (Å²) < 4.78 is 5.39. The molecule has 2 fully saturated rings. The lowest BCUT2D eigenvalue weighted by Gasteiger charge is -2.35. The number of carbonyl (C=O) groups is 3. The fourth-order valence-electron chi connectivity index (χ4n) is 5.69. The van der Waals surface area contributed by atoms with E-state index in [4.69, 9.17) is 27.9 Å². The summed E-state index contributed by atoms with van der Waals surface area (Å²) in [6, 6.07) is 17.7. The summed E-state index contributed by atoms with van der Waals surface area (Å²) >= 11 is 12.2. The maximum atomic E-state index is 13.9. The second-order valence-corrected chi connectivity index (χ2v) is 10.0. The Hall–Kier alpha value is -3.81. The van der Waals surface area contributed by atoms with Gasteiger partial charge in [-0.1, -0.05) is 47.5 Å². The predicted octanol–water partition coefficient (Wildman–Crippen LogP) is 5.16. The monoisotopic (exact) mass is 533 g/mol. The van der Waals surface area contributed by atoms with Crippen molar-refractivity contribution in [1.82, 2.24) is 4.90 Å². The molecule has 37 heavy (non-hydrogen) atoms. The minimum atomic E-state index is -0.933. The van der Waals surface area contributed by atoms with Gasteiger partial charge in [-0.05, 0) is 59.7 Å². The molecule has 9 heteroatoms. The lowest BCUT2D eigenvalue weighted by molar-refractivity contribution is -0.128. The van der Waals surface area contributed by atoms with E-state index in [1.54, 1.807) is 48.7 Å².